The molecule has 0 saturated heterocycles. The molecule has 4 N–H and O–H groups in total. The van der Waals surface area contributed by atoms with Gasteiger partial charge >= 0.3 is 49.8 Å². The van der Waals surface area contributed by atoms with Gasteiger partial charge in [0.1, 0.15) is 46.4 Å². The molecule has 0 aliphatic heterocycles. The number of rotatable bonds is 21. The molecule has 2 atom stereocenters. The topological polar surface area (TPSA) is 109 Å². The lowest BCUT2D eigenvalue weighted by atomic mass is 9.76. The summed E-state index contributed by atoms with van der Waals surface area (Å²) in [6.07, 6.45) is -42.3. The minimum absolute atomic E-state index is 0.0371. The van der Waals surface area contributed by atoms with Crippen LogP contribution >= 0.6 is 0 Å². The van der Waals surface area contributed by atoms with Crippen LogP contribution in [0.3, 0.4) is 0 Å². The number of amides is 2. The molecule has 2 amide bonds. The van der Waals surface area contributed by atoms with Crippen LogP contribution < -0.4 is 25.4 Å². The summed E-state index contributed by atoms with van der Waals surface area (Å²) in [6.45, 7) is -0.172. The lowest BCUT2D eigenvalue weighted by molar-refractivity contribution is -0.253. The number of ether oxygens (including phenoxy) is 2. The van der Waals surface area contributed by atoms with Crippen molar-refractivity contribution in [3.8, 4) is 11.5 Å². The molecule has 0 heterocycles. The van der Waals surface area contributed by atoms with E-state index in [1.54, 1.807) is 7.05 Å². The molecule has 530 valence electrons. The summed E-state index contributed by atoms with van der Waals surface area (Å²) in [6, 6.07) is 17.4. The van der Waals surface area contributed by atoms with Gasteiger partial charge in [-0.25, -0.2) is 26.3 Å². The minimum Gasteiger partial charge on any atom is -0.428 e. The maximum Gasteiger partial charge on any atom is 0.461 e. The standard InChI is InChI=1S/C33H23F13N2O2.C32H20F13NO3/c1-47-16-18-4-2-17(3-5-18)15-30(20-7-9-27(36)25(13-20)32(42,43)44,21-11-22(34)14-23(12-21)50-33(45,46)29(37)38)48-28(49)19-6-8-26(35)24(10-19)31(39,40)41;33-21-10-20(11-22(13-21)49-32(44,45)28(36)37)29(14-16-1-3-17(15-47)4-2-16,19-6-8-26(35)24(12-19)31(41,42)43)46-27(48)18-5-7-25(34)23(9-18)30(38,39)40/h2-14,29,47H,15-16H2,1H3,(H,48,49);1-13,28,47H,14-15H2,(H,46,48)/t30-;29-/m11/s1. The molecule has 8 rings (SSSR count). The highest BCUT2D eigenvalue weighted by atomic mass is 19.4. The Hall–Kier alpha value is -9.60. The number of hydrogen-bond acceptors (Lipinski definition) is 6. The molecular formula is C65H43F26N3O5. The summed E-state index contributed by atoms with van der Waals surface area (Å²) in [5, 5.41) is 16.6. The molecule has 34 heteroatoms. The number of alkyl halides is 20. The molecular weight excluding hydrogens is 1400 g/mol. The van der Waals surface area contributed by atoms with Crippen LogP contribution in [0.4, 0.5) is 114 Å². The van der Waals surface area contributed by atoms with Crippen molar-refractivity contribution in [3.05, 3.63) is 271 Å². The van der Waals surface area contributed by atoms with E-state index in [0.29, 0.717) is 72.3 Å². The second-order valence-electron chi connectivity index (χ2n) is 21.4. The van der Waals surface area contributed by atoms with Crippen LogP contribution in [0.25, 0.3) is 0 Å². The van der Waals surface area contributed by atoms with Crippen LogP contribution in [0.2, 0.25) is 0 Å². The normalized spacial score (nSPS) is 13.7. The highest BCUT2D eigenvalue weighted by molar-refractivity contribution is 5.96. The summed E-state index contributed by atoms with van der Waals surface area (Å²) in [4.78, 5) is 27.4. The summed E-state index contributed by atoms with van der Waals surface area (Å²) < 4.78 is 367. The number of halogens is 26. The molecule has 0 aliphatic carbocycles. The Morgan fingerprint density at radius 1 is 0.384 bits per heavy atom. The Kier molecular flexibility index (Phi) is 22.8. The molecule has 0 aromatic heterocycles. The molecule has 8 nitrogen and oxygen atoms in total. The summed E-state index contributed by atoms with van der Waals surface area (Å²) in [5.74, 6) is -16.0. The van der Waals surface area contributed by atoms with E-state index < -0.39 is 194 Å². The summed E-state index contributed by atoms with van der Waals surface area (Å²) in [7, 11) is 1.61. The predicted octanol–water partition coefficient (Wildman–Crippen LogP) is 17.8. The fourth-order valence-corrected chi connectivity index (χ4v) is 9.93. The maximum atomic E-state index is 15.1. The minimum atomic E-state index is -5.41. The Morgan fingerprint density at radius 3 is 0.990 bits per heavy atom. The van der Waals surface area contributed by atoms with E-state index in [1.807, 2.05) is 0 Å². The summed E-state index contributed by atoms with van der Waals surface area (Å²) in [5.41, 5.74) is -16.8. The van der Waals surface area contributed by atoms with Crippen LogP contribution in [-0.2, 0) is 61.8 Å². The van der Waals surface area contributed by atoms with Crippen LogP contribution in [0.5, 0.6) is 11.5 Å². The highest BCUT2D eigenvalue weighted by Crippen LogP contribution is 2.45. The number of benzene rings is 8. The zero-order valence-electron chi connectivity index (χ0n) is 49.4. The molecule has 0 saturated carbocycles. The van der Waals surface area contributed by atoms with Crippen LogP contribution in [0.1, 0.15) is 87.5 Å². The third kappa shape index (κ3) is 18.4. The van der Waals surface area contributed by atoms with Crippen LogP contribution in [0, 0.1) is 34.9 Å². The number of hydrogen-bond donors (Lipinski definition) is 4. The Morgan fingerprint density at radius 2 is 0.687 bits per heavy atom. The van der Waals surface area contributed by atoms with Gasteiger partial charge in [-0.3, -0.25) is 9.59 Å². The first-order chi connectivity index (χ1) is 45.8. The monoisotopic (exact) mass is 1440 g/mol. The molecule has 8 aromatic carbocycles. The molecule has 99 heavy (non-hydrogen) atoms. The van der Waals surface area contributed by atoms with Gasteiger partial charge < -0.3 is 30.5 Å². The van der Waals surface area contributed by atoms with Crippen molar-refractivity contribution < 1.29 is 138 Å². The fraction of sp³-hybridized carbons (Fsp3) is 0.231. The van der Waals surface area contributed by atoms with E-state index in [4.69, 9.17) is 0 Å². The van der Waals surface area contributed by atoms with Gasteiger partial charge in [0.15, 0.2) is 0 Å². The van der Waals surface area contributed by atoms with Crippen molar-refractivity contribution in [1.82, 2.24) is 16.0 Å². The molecule has 8 aromatic rings. The van der Waals surface area contributed by atoms with Crippen LogP contribution in [-0.4, -0.2) is 49.0 Å². The molecule has 0 aliphatic rings. The predicted molar refractivity (Wildman–Crippen MR) is 297 cm³/mol. The Bertz CT molecular complexity index is 4200. The van der Waals surface area contributed by atoms with Crippen molar-refractivity contribution in [3.63, 3.8) is 0 Å². The maximum absolute atomic E-state index is 15.1. The number of carbonyl (C=O) groups is 2. The first-order valence-corrected chi connectivity index (χ1v) is 27.7. The average Bonchev–Trinajstić information content (AvgIpc) is 0.753. The number of carbonyl (C=O) groups excluding carboxylic acids is 2. The molecule has 0 unspecified atom stereocenters. The largest absolute Gasteiger partial charge is 0.461 e. The van der Waals surface area contributed by atoms with E-state index in [0.717, 1.165) is 0 Å². The first kappa shape index (κ1) is 76.8. The zero-order valence-corrected chi connectivity index (χ0v) is 49.4. The van der Waals surface area contributed by atoms with E-state index in [2.05, 4.69) is 25.4 Å². The first-order valence-electron chi connectivity index (χ1n) is 27.7. The smallest absolute Gasteiger partial charge is 0.428 e. The van der Waals surface area contributed by atoms with Crippen molar-refractivity contribution in [1.29, 1.82) is 0 Å². The third-order valence-corrected chi connectivity index (χ3v) is 14.5. The van der Waals surface area contributed by atoms with Gasteiger partial charge in [0.05, 0.1) is 39.9 Å². The van der Waals surface area contributed by atoms with Gasteiger partial charge in [-0.2, -0.15) is 87.8 Å². The van der Waals surface area contributed by atoms with Crippen LogP contribution in [0.15, 0.2) is 158 Å². The second-order valence-corrected chi connectivity index (χ2v) is 21.4. The average molecular weight is 1440 g/mol. The van der Waals surface area contributed by atoms with Gasteiger partial charge in [0, 0.05) is 42.6 Å². The quantitative estimate of drug-likeness (QED) is 0.0534. The molecule has 0 bridgehead atoms. The van der Waals surface area contributed by atoms with Gasteiger partial charge in [-0.05, 0) is 136 Å². The third-order valence-electron chi connectivity index (χ3n) is 14.5. The molecule has 0 fully saturated rings. The highest BCUT2D eigenvalue weighted by Gasteiger charge is 2.48. The Balaban J connectivity index is 0.000000278. The van der Waals surface area contributed by atoms with Gasteiger partial charge in [0.2, 0.25) is 0 Å². The number of nitrogens with one attached hydrogen (secondary N) is 3. The molecule has 0 spiro atoms. The zero-order chi connectivity index (χ0) is 73.8. The van der Waals surface area contributed by atoms with Gasteiger partial charge in [0.25, 0.3) is 11.8 Å². The van der Waals surface area contributed by atoms with E-state index in [1.165, 1.54) is 48.5 Å². The van der Waals surface area contributed by atoms with Crippen molar-refractivity contribution >= 4 is 11.8 Å². The SMILES string of the molecule is CNCc1ccc(C[C@](NC(=O)c2ccc(F)c(C(F)(F)F)c2)(c2cc(F)cc(OC(F)(F)C(F)F)c2)c2ccc(F)c(C(F)(F)F)c2)cc1.O=C(N[C@@](Cc1ccc(CO)cc1)(c1cc(F)cc(OC(F)(F)C(F)F)c1)c1ccc(F)c(C(F)(F)F)c1)c1ccc(F)c(C(F)(F)F)c1. The number of aliphatic hydroxyl groups excluding tert-OH is 1. The lowest BCUT2D eigenvalue weighted by Crippen LogP contribution is -2.49. The fourth-order valence-electron chi connectivity index (χ4n) is 9.93. The van der Waals surface area contributed by atoms with E-state index in [9.17, 15) is 120 Å². The van der Waals surface area contributed by atoms with E-state index in [-0.39, 0.29) is 65.7 Å². The van der Waals surface area contributed by atoms with Gasteiger partial charge in [-0.1, -0.05) is 60.7 Å². The van der Waals surface area contributed by atoms with E-state index >= 15 is 8.78 Å². The summed E-state index contributed by atoms with van der Waals surface area (Å²) >= 11 is 0. The van der Waals surface area contributed by atoms with Crippen molar-refractivity contribution in [2.75, 3.05) is 7.05 Å². The second kappa shape index (κ2) is 29.5. The number of aliphatic hydroxyl groups is 1. The molecule has 0 radical (unpaired) electrons. The van der Waals surface area contributed by atoms with Gasteiger partial charge in [-0.15, -0.1) is 0 Å². The van der Waals surface area contributed by atoms with Crippen molar-refractivity contribution in [2.45, 2.75) is 86.8 Å². The van der Waals surface area contributed by atoms with Crippen molar-refractivity contribution in [2.24, 2.45) is 0 Å². The Labute approximate surface area is 540 Å². The lowest BCUT2D eigenvalue weighted by Gasteiger charge is -2.37.